The van der Waals surface area contributed by atoms with Crippen LogP contribution in [0.15, 0.2) is 27.6 Å². The third-order valence-electron chi connectivity index (χ3n) is 2.36. The Bertz CT molecular complexity index is 532. The first-order chi connectivity index (χ1) is 9.08. The Morgan fingerprint density at radius 3 is 2.53 bits per heavy atom. The first-order valence-electron chi connectivity index (χ1n) is 5.49. The van der Waals surface area contributed by atoms with Crippen molar-refractivity contribution in [2.75, 3.05) is 18.8 Å². The topological polar surface area (TPSA) is 67.9 Å². The van der Waals surface area contributed by atoms with Gasteiger partial charge >= 0.3 is 0 Å². The summed E-state index contributed by atoms with van der Waals surface area (Å²) in [6, 6.07) is 9.62. The molecule has 98 valence electrons. The van der Waals surface area contributed by atoms with Crippen molar-refractivity contribution in [3.05, 3.63) is 28.2 Å². The normalized spacial score (nSPS) is 9.47. The van der Waals surface area contributed by atoms with Gasteiger partial charge in [0.15, 0.2) is 0 Å². The van der Waals surface area contributed by atoms with Gasteiger partial charge in [0.25, 0.3) is 0 Å². The molecule has 0 bridgehead atoms. The molecule has 1 aromatic rings. The van der Waals surface area contributed by atoms with Gasteiger partial charge in [-0.15, -0.1) is 11.8 Å². The molecule has 0 fully saturated rings. The number of halogens is 1. The van der Waals surface area contributed by atoms with Crippen molar-refractivity contribution < 1.29 is 4.79 Å². The van der Waals surface area contributed by atoms with Gasteiger partial charge in [-0.05, 0) is 30.7 Å². The summed E-state index contributed by atoms with van der Waals surface area (Å²) in [6.07, 6.45) is 0. The summed E-state index contributed by atoms with van der Waals surface area (Å²) >= 11 is 4.80. The molecule has 0 spiro atoms. The average molecular weight is 338 g/mol. The van der Waals surface area contributed by atoms with Gasteiger partial charge in [-0.3, -0.25) is 4.79 Å². The smallest absolute Gasteiger partial charge is 0.234 e. The van der Waals surface area contributed by atoms with Crippen molar-refractivity contribution in [1.82, 2.24) is 4.90 Å². The molecule has 0 heterocycles. The molecule has 0 aliphatic carbocycles. The Morgan fingerprint density at radius 1 is 1.37 bits per heavy atom. The van der Waals surface area contributed by atoms with Crippen LogP contribution in [0.4, 0.5) is 0 Å². The van der Waals surface area contributed by atoms with E-state index < -0.39 is 0 Å². The number of rotatable bonds is 5. The maximum atomic E-state index is 11.9. The molecule has 0 aromatic heterocycles. The van der Waals surface area contributed by atoms with Gasteiger partial charge in [0, 0.05) is 9.37 Å². The van der Waals surface area contributed by atoms with Crippen LogP contribution < -0.4 is 0 Å². The van der Waals surface area contributed by atoms with Crippen LogP contribution in [0.25, 0.3) is 0 Å². The lowest BCUT2D eigenvalue weighted by Gasteiger charge is -2.15. The zero-order valence-corrected chi connectivity index (χ0v) is 12.8. The molecule has 0 radical (unpaired) electrons. The first-order valence-corrected chi connectivity index (χ1v) is 7.27. The van der Waals surface area contributed by atoms with E-state index in [2.05, 4.69) is 15.9 Å². The molecular weight excluding hydrogens is 326 g/mol. The van der Waals surface area contributed by atoms with Crippen molar-refractivity contribution in [3.63, 3.8) is 0 Å². The van der Waals surface area contributed by atoms with Crippen LogP contribution in [-0.2, 0) is 4.79 Å². The van der Waals surface area contributed by atoms with Crippen molar-refractivity contribution >= 4 is 33.6 Å². The van der Waals surface area contributed by atoms with E-state index in [1.54, 1.807) is 0 Å². The number of benzene rings is 1. The average Bonchev–Trinajstić information content (AvgIpc) is 2.37. The van der Waals surface area contributed by atoms with Crippen molar-refractivity contribution in [2.24, 2.45) is 0 Å². The summed E-state index contributed by atoms with van der Waals surface area (Å²) in [5, 5.41) is 17.2. The molecule has 4 nitrogen and oxygen atoms in total. The van der Waals surface area contributed by atoms with Crippen molar-refractivity contribution in [3.8, 4) is 12.1 Å². The van der Waals surface area contributed by atoms with E-state index in [1.165, 1.54) is 16.7 Å². The monoisotopic (exact) mass is 337 g/mol. The number of hydrogen-bond acceptors (Lipinski definition) is 4. The number of nitrogens with zero attached hydrogens (tertiary/aromatic N) is 3. The fourth-order valence-electron chi connectivity index (χ4n) is 1.41. The largest absolute Gasteiger partial charge is 0.315 e. The predicted octanol–water partition coefficient (Wildman–Crippen LogP) is 2.73. The summed E-state index contributed by atoms with van der Waals surface area (Å²) in [4.78, 5) is 14.1. The highest BCUT2D eigenvalue weighted by Crippen LogP contribution is 2.25. The zero-order valence-electron chi connectivity index (χ0n) is 10.4. The van der Waals surface area contributed by atoms with E-state index in [0.717, 1.165) is 14.9 Å². The van der Waals surface area contributed by atoms with Gasteiger partial charge in [0.1, 0.15) is 13.1 Å². The van der Waals surface area contributed by atoms with Gasteiger partial charge in [-0.2, -0.15) is 10.5 Å². The lowest BCUT2D eigenvalue weighted by molar-refractivity contribution is -0.127. The van der Waals surface area contributed by atoms with Crippen LogP contribution >= 0.6 is 27.7 Å². The molecule has 0 unspecified atom stereocenters. The Kier molecular flexibility index (Phi) is 6.41. The van der Waals surface area contributed by atoms with Crippen LogP contribution in [0.2, 0.25) is 0 Å². The molecule has 0 saturated heterocycles. The van der Waals surface area contributed by atoms with Crippen LogP contribution in [-0.4, -0.2) is 29.6 Å². The molecule has 1 amide bonds. The van der Waals surface area contributed by atoms with Gasteiger partial charge in [-0.1, -0.05) is 15.9 Å². The number of thioether (sulfide) groups is 1. The molecule has 0 saturated carbocycles. The predicted molar refractivity (Wildman–Crippen MR) is 77.4 cm³/mol. The van der Waals surface area contributed by atoms with E-state index in [1.807, 2.05) is 37.3 Å². The Morgan fingerprint density at radius 2 is 2.00 bits per heavy atom. The van der Waals surface area contributed by atoms with Crippen molar-refractivity contribution in [1.29, 1.82) is 10.5 Å². The number of nitriles is 2. The minimum atomic E-state index is -0.199. The van der Waals surface area contributed by atoms with E-state index in [0.29, 0.717) is 0 Å². The molecule has 1 rings (SSSR count). The van der Waals surface area contributed by atoms with E-state index in [4.69, 9.17) is 10.5 Å². The maximum Gasteiger partial charge on any atom is 0.234 e. The number of aryl methyl sites for hydroxylation is 1. The molecule has 0 N–H and O–H groups in total. The minimum absolute atomic E-state index is 0.0493. The van der Waals surface area contributed by atoms with Gasteiger partial charge in [-0.25, -0.2) is 0 Å². The number of amides is 1. The lowest BCUT2D eigenvalue weighted by Crippen LogP contribution is -2.33. The van der Waals surface area contributed by atoms with Gasteiger partial charge in [0.2, 0.25) is 5.91 Å². The van der Waals surface area contributed by atoms with E-state index >= 15 is 0 Å². The molecule has 19 heavy (non-hydrogen) atoms. The molecule has 6 heteroatoms. The molecule has 0 aliphatic rings. The van der Waals surface area contributed by atoms with Crippen LogP contribution in [0.3, 0.4) is 0 Å². The van der Waals surface area contributed by atoms with Crippen molar-refractivity contribution in [2.45, 2.75) is 11.8 Å². The second kappa shape index (κ2) is 7.83. The summed E-state index contributed by atoms with van der Waals surface area (Å²) in [5.74, 6) is 0.0293. The second-order valence-electron chi connectivity index (χ2n) is 3.76. The minimum Gasteiger partial charge on any atom is -0.315 e. The highest BCUT2D eigenvalue weighted by molar-refractivity contribution is 9.10. The number of carbonyl (C=O) groups excluding carboxylic acids is 1. The number of hydrogen-bond donors (Lipinski definition) is 0. The molecule has 0 aliphatic heterocycles. The molecule has 1 aromatic carbocycles. The fourth-order valence-corrected chi connectivity index (χ4v) is 2.80. The summed E-state index contributed by atoms with van der Waals surface area (Å²) < 4.78 is 0.997. The maximum absolute atomic E-state index is 11.9. The zero-order chi connectivity index (χ0) is 14.3. The van der Waals surface area contributed by atoms with E-state index in [-0.39, 0.29) is 24.7 Å². The Labute approximate surface area is 125 Å². The quantitative estimate of drug-likeness (QED) is 0.611. The molecule has 0 atom stereocenters. The molecular formula is C13H12BrN3OS. The van der Waals surface area contributed by atoms with E-state index in [9.17, 15) is 4.79 Å². The highest BCUT2D eigenvalue weighted by Gasteiger charge is 2.13. The summed E-state index contributed by atoms with van der Waals surface area (Å²) in [5.41, 5.74) is 1.08. The van der Waals surface area contributed by atoms with Crippen LogP contribution in [0, 0.1) is 29.6 Å². The SMILES string of the molecule is Cc1cc(Br)ccc1SCC(=O)N(CC#N)CC#N. The highest BCUT2D eigenvalue weighted by atomic mass is 79.9. The summed E-state index contributed by atoms with van der Waals surface area (Å²) in [7, 11) is 0. The second-order valence-corrected chi connectivity index (χ2v) is 5.70. The van der Waals surface area contributed by atoms with Gasteiger partial charge < -0.3 is 4.90 Å². The number of carbonyl (C=O) groups is 1. The van der Waals surface area contributed by atoms with Gasteiger partial charge in [0.05, 0.1) is 17.9 Å². The Balaban J connectivity index is 2.63. The lowest BCUT2D eigenvalue weighted by atomic mass is 10.2. The van der Waals surface area contributed by atoms with Crippen LogP contribution in [0.5, 0.6) is 0 Å². The Hall–Kier alpha value is -1.50. The summed E-state index contributed by atoms with van der Waals surface area (Å²) in [6.45, 7) is 1.87. The third-order valence-corrected chi connectivity index (χ3v) is 4.02. The standard InChI is InChI=1S/C13H12BrN3OS/c1-10-8-11(14)2-3-12(10)19-9-13(18)17(6-4-15)7-5-16/h2-3,8H,6-7,9H2,1H3. The third kappa shape index (κ3) is 4.94. The fraction of sp³-hybridized carbons (Fsp3) is 0.308. The first kappa shape index (κ1) is 15.6. The van der Waals surface area contributed by atoms with Crippen LogP contribution in [0.1, 0.15) is 5.56 Å².